The first-order valence-corrected chi connectivity index (χ1v) is 7.76. The number of pyridine rings is 1. The van der Waals surface area contributed by atoms with Crippen molar-refractivity contribution in [2.45, 2.75) is 31.9 Å². The highest BCUT2D eigenvalue weighted by molar-refractivity contribution is 5.57. The van der Waals surface area contributed by atoms with Gasteiger partial charge in [-0.05, 0) is 24.6 Å². The van der Waals surface area contributed by atoms with E-state index in [0.717, 1.165) is 30.8 Å². The smallest absolute Gasteiger partial charge is 0.211 e. The summed E-state index contributed by atoms with van der Waals surface area (Å²) in [5, 5.41) is 13.3. The number of benzene rings is 1. The van der Waals surface area contributed by atoms with E-state index in [1.165, 1.54) is 11.3 Å². The lowest BCUT2D eigenvalue weighted by molar-refractivity contribution is -0.698. The standard InChI is InChI=1S/C18H23N2O2.BrH/c1-13(21)15-9-16(22-2)12-20(11-15)8-7-14-10-19-18-6-4-3-5-17(14)18;/h3-6,9,11-14,19,21H,7-8,10H2,1-2H3;1H/q+1;/p-1. The van der Waals surface area contributed by atoms with Crippen molar-refractivity contribution >= 4 is 5.69 Å². The summed E-state index contributed by atoms with van der Waals surface area (Å²) in [7, 11) is 1.66. The summed E-state index contributed by atoms with van der Waals surface area (Å²) in [4.78, 5) is 0. The van der Waals surface area contributed by atoms with E-state index in [9.17, 15) is 5.11 Å². The largest absolute Gasteiger partial charge is 1.00 e. The number of aliphatic hydroxyl groups excluding tert-OH is 1. The van der Waals surface area contributed by atoms with Crippen molar-refractivity contribution < 1.29 is 31.4 Å². The molecule has 2 heterocycles. The molecule has 1 aliphatic heterocycles. The summed E-state index contributed by atoms with van der Waals surface area (Å²) in [5.41, 5.74) is 3.54. The lowest BCUT2D eigenvalue weighted by Crippen LogP contribution is -3.00. The summed E-state index contributed by atoms with van der Waals surface area (Å²) in [6.45, 7) is 3.67. The Morgan fingerprint density at radius 3 is 2.87 bits per heavy atom. The summed E-state index contributed by atoms with van der Waals surface area (Å²) in [6, 6.07) is 10.4. The minimum absolute atomic E-state index is 0. The molecule has 23 heavy (non-hydrogen) atoms. The number of hydrogen-bond acceptors (Lipinski definition) is 3. The van der Waals surface area contributed by atoms with Crippen LogP contribution in [0.4, 0.5) is 5.69 Å². The monoisotopic (exact) mass is 378 g/mol. The number of aliphatic hydroxyl groups is 1. The first kappa shape index (κ1) is 17.8. The number of nitrogens with one attached hydrogen (secondary N) is 1. The molecule has 2 atom stereocenters. The van der Waals surface area contributed by atoms with Crippen LogP contribution in [0.15, 0.2) is 42.7 Å². The lowest BCUT2D eigenvalue weighted by Gasteiger charge is -2.10. The third kappa shape index (κ3) is 4.03. The van der Waals surface area contributed by atoms with Crippen LogP contribution < -0.4 is 31.6 Å². The van der Waals surface area contributed by atoms with Gasteiger partial charge in [0.15, 0.2) is 11.9 Å². The minimum Gasteiger partial charge on any atom is -1.00 e. The Hall–Kier alpha value is -1.59. The molecule has 3 rings (SSSR count). The van der Waals surface area contributed by atoms with Crippen LogP contribution in [0.5, 0.6) is 5.75 Å². The zero-order chi connectivity index (χ0) is 15.5. The van der Waals surface area contributed by atoms with E-state index in [2.05, 4.69) is 34.1 Å². The number of rotatable bonds is 5. The van der Waals surface area contributed by atoms with Gasteiger partial charge >= 0.3 is 0 Å². The third-order valence-electron chi connectivity index (χ3n) is 4.31. The summed E-state index contributed by atoms with van der Waals surface area (Å²) in [6.07, 6.45) is 4.55. The quantitative estimate of drug-likeness (QED) is 0.698. The van der Waals surface area contributed by atoms with Gasteiger partial charge in [-0.2, -0.15) is 0 Å². The summed E-state index contributed by atoms with van der Waals surface area (Å²) < 4.78 is 7.44. The molecule has 0 bridgehead atoms. The van der Waals surface area contributed by atoms with Gasteiger partial charge in [0.05, 0.1) is 13.2 Å². The maximum Gasteiger partial charge on any atom is 0.211 e. The number of aryl methyl sites for hydroxylation is 1. The van der Waals surface area contributed by atoms with E-state index < -0.39 is 6.10 Å². The Balaban J connectivity index is 0.00000192. The molecule has 1 aromatic heterocycles. The van der Waals surface area contributed by atoms with Crippen molar-refractivity contribution in [3.05, 3.63) is 53.9 Å². The van der Waals surface area contributed by atoms with Gasteiger partial charge in [0, 0.05) is 30.1 Å². The maximum atomic E-state index is 9.80. The Morgan fingerprint density at radius 2 is 2.13 bits per heavy atom. The molecule has 124 valence electrons. The molecule has 0 fully saturated rings. The van der Waals surface area contributed by atoms with Crippen molar-refractivity contribution in [1.82, 2.24) is 0 Å². The van der Waals surface area contributed by atoms with Gasteiger partial charge in [-0.25, -0.2) is 4.57 Å². The molecule has 2 unspecified atom stereocenters. The van der Waals surface area contributed by atoms with Crippen LogP contribution in [-0.4, -0.2) is 18.8 Å². The van der Waals surface area contributed by atoms with Gasteiger partial charge in [-0.1, -0.05) is 18.2 Å². The summed E-state index contributed by atoms with van der Waals surface area (Å²) in [5.74, 6) is 1.31. The van der Waals surface area contributed by atoms with E-state index in [4.69, 9.17) is 4.74 Å². The molecule has 0 radical (unpaired) electrons. The first-order valence-electron chi connectivity index (χ1n) is 7.76. The van der Waals surface area contributed by atoms with Gasteiger partial charge in [-0.3, -0.25) is 0 Å². The molecule has 2 aromatic rings. The van der Waals surface area contributed by atoms with Crippen molar-refractivity contribution in [3.8, 4) is 5.75 Å². The number of fused-ring (bicyclic) bond motifs is 1. The van der Waals surface area contributed by atoms with Crippen molar-refractivity contribution in [1.29, 1.82) is 0 Å². The number of aromatic nitrogens is 1. The highest BCUT2D eigenvalue weighted by Gasteiger charge is 2.23. The Bertz CT molecular complexity index is 661. The SMILES string of the molecule is COc1cc(C(C)O)c[n+](CCC2CNc3ccccc32)c1.[Br-]. The number of nitrogens with zero attached hydrogens (tertiary/aromatic N) is 1. The summed E-state index contributed by atoms with van der Waals surface area (Å²) >= 11 is 0. The first-order chi connectivity index (χ1) is 10.7. The fourth-order valence-corrected chi connectivity index (χ4v) is 3.02. The van der Waals surface area contributed by atoms with Crippen molar-refractivity contribution in [3.63, 3.8) is 0 Å². The molecule has 4 nitrogen and oxygen atoms in total. The predicted octanol–water partition coefficient (Wildman–Crippen LogP) is -0.361. The second-order valence-corrected chi connectivity index (χ2v) is 5.88. The minimum atomic E-state index is -0.491. The molecule has 0 saturated heterocycles. The number of para-hydroxylation sites is 1. The molecule has 0 amide bonds. The van der Waals surface area contributed by atoms with Gasteiger partial charge in [0.1, 0.15) is 6.54 Å². The Morgan fingerprint density at radius 1 is 1.35 bits per heavy atom. The number of ether oxygens (including phenoxy) is 1. The van der Waals surface area contributed by atoms with Crippen molar-refractivity contribution in [2.24, 2.45) is 0 Å². The average Bonchev–Trinajstić information content (AvgIpc) is 2.95. The Labute approximate surface area is 147 Å². The van der Waals surface area contributed by atoms with E-state index in [1.54, 1.807) is 14.0 Å². The zero-order valence-electron chi connectivity index (χ0n) is 13.5. The molecule has 2 N–H and O–H groups in total. The van der Waals surface area contributed by atoms with Crippen LogP contribution >= 0.6 is 0 Å². The molecule has 0 saturated carbocycles. The lowest BCUT2D eigenvalue weighted by atomic mass is 9.98. The number of methoxy groups -OCH3 is 1. The van der Waals surface area contributed by atoms with Gasteiger partial charge in [0.25, 0.3) is 0 Å². The molecular formula is C18H23BrN2O2. The Kier molecular flexibility index (Phi) is 6.02. The van der Waals surface area contributed by atoms with Crippen molar-refractivity contribution in [2.75, 3.05) is 19.0 Å². The maximum absolute atomic E-state index is 9.80. The molecule has 0 spiro atoms. The molecule has 5 heteroatoms. The van der Waals surface area contributed by atoms with Gasteiger partial charge in [-0.15, -0.1) is 0 Å². The normalized spacial score (nSPS) is 16.9. The van der Waals surface area contributed by atoms with Gasteiger partial charge in [0.2, 0.25) is 6.20 Å². The van der Waals surface area contributed by atoms with Gasteiger partial charge < -0.3 is 32.1 Å². The van der Waals surface area contributed by atoms with E-state index in [0.29, 0.717) is 5.92 Å². The molecular weight excluding hydrogens is 356 g/mol. The van der Waals surface area contributed by atoms with Crippen LogP contribution in [0.3, 0.4) is 0 Å². The number of anilines is 1. The fourth-order valence-electron chi connectivity index (χ4n) is 3.02. The van der Waals surface area contributed by atoms with Crippen LogP contribution in [0.25, 0.3) is 0 Å². The van der Waals surface area contributed by atoms with Crippen LogP contribution in [0.1, 0.15) is 36.5 Å². The molecule has 1 aromatic carbocycles. The second-order valence-electron chi connectivity index (χ2n) is 5.88. The van der Waals surface area contributed by atoms with E-state index >= 15 is 0 Å². The molecule has 1 aliphatic rings. The number of hydrogen-bond donors (Lipinski definition) is 2. The highest BCUT2D eigenvalue weighted by atomic mass is 79.9. The zero-order valence-corrected chi connectivity index (χ0v) is 15.1. The molecule has 0 aliphatic carbocycles. The topological polar surface area (TPSA) is 45.4 Å². The predicted molar refractivity (Wildman–Crippen MR) is 86.1 cm³/mol. The second kappa shape index (κ2) is 7.79. The van der Waals surface area contributed by atoms with Crippen LogP contribution in [0, 0.1) is 0 Å². The number of halogens is 1. The third-order valence-corrected chi connectivity index (χ3v) is 4.31. The fraction of sp³-hybridized carbons (Fsp3) is 0.389. The van der Waals surface area contributed by atoms with E-state index in [1.807, 2.05) is 18.5 Å². The highest BCUT2D eigenvalue weighted by Crippen LogP contribution is 2.33. The van der Waals surface area contributed by atoms with Crippen LogP contribution in [0.2, 0.25) is 0 Å². The van der Waals surface area contributed by atoms with Crippen LogP contribution in [-0.2, 0) is 6.54 Å². The van der Waals surface area contributed by atoms with E-state index in [-0.39, 0.29) is 17.0 Å². The average molecular weight is 379 g/mol.